The standard InChI is InChI=1S/C57H76N14O11/c1-5-6-15-42(50(60)75)67-55(80)44(26-34-12-8-7-9-13-34)69-56(81)46(28-37-30-61-31-64-37)66-48(74)23-24-62-57(82)49(32(2)3)71-51(76)33(4)65-54(79)45(27-36-29-63-41-16-11-10-14-39(36)41)70-53(78)43(21-22-47(59)73)68-52(77)40(58)25-35-17-19-38(72)20-18-35/h7-14,16-20,29-33,40,42-46,49,63,72H,5-6,15,21-28,58H2,1-4H3,(H2,59,73)(H2,60,75)(H,61,64)(H,62,82)(H,65,79)(H,66,74)(H,67,80)(H,68,77)(H,69,81)(H,70,78)(H,71,76)/t33-,40-,42?,43-,44-,45-,46-,49-/m0/s1. The van der Waals surface area contributed by atoms with Gasteiger partial charge in [0.2, 0.25) is 59.1 Å². The topological polar surface area (TPSA) is 410 Å². The molecule has 0 aliphatic rings. The molecule has 17 N–H and O–H groups in total. The second kappa shape index (κ2) is 31.6. The van der Waals surface area contributed by atoms with Crippen LogP contribution in [0.1, 0.15) is 88.6 Å². The number of imidazole rings is 1. The largest absolute Gasteiger partial charge is 0.508 e. The number of phenolic OH excluding ortho intramolecular Hbond substituents is 1. The summed E-state index contributed by atoms with van der Waals surface area (Å²) in [6.07, 6.45) is 5.24. The number of amides is 10. The van der Waals surface area contributed by atoms with Gasteiger partial charge in [-0.2, -0.15) is 0 Å². The number of nitrogens with zero attached hydrogens (tertiary/aromatic N) is 1. The molecule has 25 heteroatoms. The van der Waals surface area contributed by atoms with E-state index in [0.717, 1.165) is 17.3 Å². The van der Waals surface area contributed by atoms with Crippen molar-refractivity contribution in [2.75, 3.05) is 6.54 Å². The van der Waals surface area contributed by atoms with Crippen molar-refractivity contribution < 1.29 is 53.1 Å². The summed E-state index contributed by atoms with van der Waals surface area (Å²) in [4.78, 5) is 145. The Labute approximate surface area is 474 Å². The summed E-state index contributed by atoms with van der Waals surface area (Å²) in [7, 11) is 0. The lowest BCUT2D eigenvalue weighted by Crippen LogP contribution is -2.59. The zero-order valence-electron chi connectivity index (χ0n) is 46.4. The Morgan fingerprint density at radius 2 is 1.18 bits per heavy atom. The van der Waals surface area contributed by atoms with Crippen LogP contribution >= 0.6 is 0 Å². The van der Waals surface area contributed by atoms with Gasteiger partial charge in [0.05, 0.1) is 12.4 Å². The maximum atomic E-state index is 14.2. The van der Waals surface area contributed by atoms with E-state index in [2.05, 4.69) is 57.5 Å². The van der Waals surface area contributed by atoms with Crippen LogP contribution in [0, 0.1) is 5.92 Å². The average Bonchev–Trinajstić information content (AvgIpc) is 4.18. The van der Waals surface area contributed by atoms with Gasteiger partial charge in [-0.05, 0) is 67.0 Å². The number of nitrogens with one attached hydrogen (secondary N) is 10. The van der Waals surface area contributed by atoms with E-state index >= 15 is 0 Å². The number of primary amides is 2. The normalized spacial score (nSPS) is 14.1. The van der Waals surface area contributed by atoms with E-state index in [4.69, 9.17) is 17.2 Å². The molecule has 8 atom stereocenters. The Kier molecular flexibility index (Phi) is 24.6. The molecule has 0 spiro atoms. The molecule has 25 nitrogen and oxygen atoms in total. The molecule has 0 saturated carbocycles. The van der Waals surface area contributed by atoms with Crippen LogP contribution in [0.4, 0.5) is 0 Å². The van der Waals surface area contributed by atoms with Crippen LogP contribution in [0.15, 0.2) is 97.6 Å². The number of carbonyl (C=O) groups is 10. The lowest BCUT2D eigenvalue weighted by Gasteiger charge is -2.26. The molecule has 0 saturated heterocycles. The number of hydrogen-bond donors (Lipinski definition) is 14. The number of rotatable bonds is 33. The van der Waals surface area contributed by atoms with Crippen LogP contribution in [-0.2, 0) is 73.6 Å². The van der Waals surface area contributed by atoms with Crippen LogP contribution in [0.2, 0.25) is 0 Å². The molecule has 2 heterocycles. The number of carbonyl (C=O) groups excluding carboxylic acids is 10. The van der Waals surface area contributed by atoms with E-state index in [-0.39, 0.29) is 57.2 Å². The number of unbranched alkanes of at least 4 members (excludes halogenated alkanes) is 1. The predicted octanol–water partition coefficient (Wildman–Crippen LogP) is -0.289. The Morgan fingerprint density at radius 1 is 0.585 bits per heavy atom. The Bertz CT molecular complexity index is 2970. The summed E-state index contributed by atoms with van der Waals surface area (Å²) < 4.78 is 0. The van der Waals surface area contributed by atoms with E-state index in [1.165, 1.54) is 31.6 Å². The van der Waals surface area contributed by atoms with Gasteiger partial charge >= 0.3 is 0 Å². The number of hydrogen-bond acceptors (Lipinski definition) is 13. The number of nitrogens with two attached hydrogens (primary N) is 3. The van der Waals surface area contributed by atoms with Gasteiger partial charge in [-0.25, -0.2) is 4.98 Å². The minimum atomic E-state index is -1.38. The third-order valence-electron chi connectivity index (χ3n) is 13.5. The van der Waals surface area contributed by atoms with Crippen LogP contribution in [-0.4, -0.2) is 134 Å². The number of fused-ring (bicyclic) bond motifs is 1. The quantitative estimate of drug-likeness (QED) is 0.0257. The van der Waals surface area contributed by atoms with Crippen molar-refractivity contribution in [2.24, 2.45) is 23.1 Å². The molecule has 82 heavy (non-hydrogen) atoms. The van der Waals surface area contributed by atoms with E-state index in [0.29, 0.717) is 35.2 Å². The Morgan fingerprint density at radius 3 is 1.82 bits per heavy atom. The zero-order chi connectivity index (χ0) is 59.9. The highest BCUT2D eigenvalue weighted by Crippen LogP contribution is 2.20. The maximum Gasteiger partial charge on any atom is 0.243 e. The summed E-state index contributed by atoms with van der Waals surface area (Å²) in [6, 6.07) is 12.4. The molecule has 5 rings (SSSR count). The Balaban J connectivity index is 1.23. The molecular formula is C57H76N14O11. The van der Waals surface area contributed by atoms with Gasteiger partial charge in [0, 0.05) is 67.6 Å². The van der Waals surface area contributed by atoms with Gasteiger partial charge in [-0.15, -0.1) is 0 Å². The number of H-pyrrole nitrogens is 2. The summed E-state index contributed by atoms with van der Waals surface area (Å²) in [5.74, 6) is -7.83. The number of aromatic nitrogens is 3. The third-order valence-corrected chi connectivity index (χ3v) is 13.5. The highest BCUT2D eigenvalue weighted by Gasteiger charge is 2.34. The summed E-state index contributed by atoms with van der Waals surface area (Å²) in [5.41, 5.74) is 20.4. The molecule has 0 aliphatic carbocycles. The van der Waals surface area contributed by atoms with Gasteiger partial charge in [0.25, 0.3) is 0 Å². The smallest absolute Gasteiger partial charge is 0.243 e. The molecule has 440 valence electrons. The predicted molar refractivity (Wildman–Crippen MR) is 303 cm³/mol. The van der Waals surface area contributed by atoms with E-state index in [1.807, 2.05) is 25.1 Å². The number of para-hydroxylation sites is 1. The van der Waals surface area contributed by atoms with Crippen molar-refractivity contribution in [1.82, 2.24) is 57.5 Å². The van der Waals surface area contributed by atoms with Crippen LogP contribution in [0.3, 0.4) is 0 Å². The summed E-state index contributed by atoms with van der Waals surface area (Å²) >= 11 is 0. The Hall–Kier alpha value is -9.13. The highest BCUT2D eigenvalue weighted by molar-refractivity contribution is 5.97. The second-order valence-corrected chi connectivity index (χ2v) is 20.4. The zero-order valence-corrected chi connectivity index (χ0v) is 46.4. The monoisotopic (exact) mass is 1130 g/mol. The number of benzene rings is 3. The van der Waals surface area contributed by atoms with Gasteiger partial charge in [0.15, 0.2) is 0 Å². The molecule has 3 aromatic carbocycles. The number of aromatic hydroxyl groups is 1. The molecule has 5 aromatic rings. The summed E-state index contributed by atoms with van der Waals surface area (Å²) in [6.45, 7) is 6.41. The van der Waals surface area contributed by atoms with E-state index < -0.39 is 113 Å². The molecular weight excluding hydrogens is 1060 g/mol. The van der Waals surface area contributed by atoms with Gasteiger partial charge in [0.1, 0.15) is 48.0 Å². The molecule has 0 fully saturated rings. The minimum absolute atomic E-state index is 0.0160. The molecule has 10 amide bonds. The van der Waals surface area contributed by atoms with Gasteiger partial charge in [-0.3, -0.25) is 47.9 Å². The van der Waals surface area contributed by atoms with Crippen molar-refractivity contribution in [3.05, 3.63) is 120 Å². The molecule has 0 bridgehead atoms. The first kappa shape index (κ1) is 63.7. The van der Waals surface area contributed by atoms with Gasteiger partial charge in [-0.1, -0.05) is 94.3 Å². The van der Waals surface area contributed by atoms with E-state index in [1.54, 1.807) is 68.6 Å². The number of aromatic amines is 2. The third kappa shape index (κ3) is 20.2. The first-order chi connectivity index (χ1) is 39.1. The molecule has 2 aromatic heterocycles. The fourth-order valence-corrected chi connectivity index (χ4v) is 8.81. The maximum absolute atomic E-state index is 14.2. The fraction of sp³-hybridized carbons (Fsp3) is 0.421. The second-order valence-electron chi connectivity index (χ2n) is 20.4. The van der Waals surface area contributed by atoms with Crippen LogP contribution in [0.25, 0.3) is 10.9 Å². The minimum Gasteiger partial charge on any atom is -0.508 e. The lowest BCUT2D eigenvalue weighted by atomic mass is 10.0. The van der Waals surface area contributed by atoms with Crippen molar-refractivity contribution in [1.29, 1.82) is 0 Å². The van der Waals surface area contributed by atoms with Gasteiger partial charge < -0.3 is 74.8 Å². The highest BCUT2D eigenvalue weighted by atomic mass is 16.3. The SMILES string of the molecule is CCCCC(NC(=O)[C@H](Cc1ccccc1)NC(=O)[C@H](Cc1cnc[nH]1)NC(=O)CCNC(=O)[C@@H](NC(=O)[C@H](C)NC(=O)[C@H](Cc1c[nH]c2ccccc12)NC(=O)[C@H](CCC(N)=O)NC(=O)[C@@H](N)Cc1ccc(O)cc1)C(C)C)C(N)=O. The van der Waals surface area contributed by atoms with Crippen LogP contribution in [0.5, 0.6) is 5.75 Å². The van der Waals surface area contributed by atoms with Crippen molar-refractivity contribution in [3.8, 4) is 5.75 Å². The van der Waals surface area contributed by atoms with Crippen LogP contribution < -0.4 is 59.7 Å². The van der Waals surface area contributed by atoms with Crippen molar-refractivity contribution in [2.45, 2.75) is 140 Å². The fourth-order valence-electron chi connectivity index (χ4n) is 8.81. The first-order valence-corrected chi connectivity index (χ1v) is 27.2. The average molecular weight is 1130 g/mol. The van der Waals surface area contributed by atoms with Crippen molar-refractivity contribution >= 4 is 70.0 Å². The molecule has 1 unspecified atom stereocenters. The first-order valence-electron chi connectivity index (χ1n) is 27.2. The molecule has 0 radical (unpaired) electrons. The molecule has 0 aliphatic heterocycles. The number of phenols is 1. The lowest BCUT2D eigenvalue weighted by molar-refractivity contribution is -0.135. The van der Waals surface area contributed by atoms with Crippen molar-refractivity contribution in [3.63, 3.8) is 0 Å². The van der Waals surface area contributed by atoms with E-state index in [9.17, 15) is 53.1 Å². The summed E-state index contributed by atoms with van der Waals surface area (Å²) in [5, 5.41) is 31.7.